The second kappa shape index (κ2) is 7.33. The number of carboxylic acids is 1. The third-order valence-electron chi connectivity index (χ3n) is 4.38. The number of nitrogens with zero attached hydrogens (tertiary/aromatic N) is 4. The van der Waals surface area contributed by atoms with E-state index in [1.165, 1.54) is 6.92 Å². The molecule has 1 aliphatic heterocycles. The van der Waals surface area contributed by atoms with Crippen LogP contribution in [0, 0.1) is 12.7 Å². The summed E-state index contributed by atoms with van der Waals surface area (Å²) in [4.78, 5) is 10.6. The number of hydrogen-bond donors (Lipinski definition) is 1. The van der Waals surface area contributed by atoms with Gasteiger partial charge in [0.25, 0.3) is 0 Å². The molecule has 27 heavy (non-hydrogen) atoms. The van der Waals surface area contributed by atoms with Gasteiger partial charge in [-0.3, -0.25) is 0 Å². The zero-order chi connectivity index (χ0) is 19.8. The summed E-state index contributed by atoms with van der Waals surface area (Å²) >= 11 is 0. The highest BCUT2D eigenvalue weighted by Crippen LogP contribution is 2.27. The first kappa shape index (κ1) is 19.4. The van der Waals surface area contributed by atoms with Crippen molar-refractivity contribution >= 4 is 16.0 Å². The Morgan fingerprint density at radius 1 is 1.41 bits per heavy atom. The van der Waals surface area contributed by atoms with E-state index in [4.69, 9.17) is 9.84 Å². The molecule has 11 heteroatoms. The number of ether oxygens (including phenoxy) is 1. The second-order valence-electron chi connectivity index (χ2n) is 6.22. The fraction of sp³-hybridized carbons (Fsp3) is 0.438. The molecule has 1 aromatic heterocycles. The van der Waals surface area contributed by atoms with Gasteiger partial charge in [-0.1, -0.05) is 5.21 Å². The molecule has 0 unspecified atom stereocenters. The first-order valence-corrected chi connectivity index (χ1v) is 9.63. The van der Waals surface area contributed by atoms with Crippen LogP contribution < -0.4 is 0 Å². The lowest BCUT2D eigenvalue weighted by Crippen LogP contribution is -2.37. The first-order valence-electron chi connectivity index (χ1n) is 8.19. The fourth-order valence-corrected chi connectivity index (χ4v) is 4.60. The van der Waals surface area contributed by atoms with Crippen LogP contribution >= 0.6 is 0 Å². The van der Waals surface area contributed by atoms with Crippen molar-refractivity contribution in [1.29, 1.82) is 0 Å². The minimum absolute atomic E-state index is 0.0551. The molecule has 0 radical (unpaired) electrons. The summed E-state index contributed by atoms with van der Waals surface area (Å²) in [5.74, 6) is -2.78. The summed E-state index contributed by atoms with van der Waals surface area (Å²) in [6.45, 7) is 2.52. The third-order valence-corrected chi connectivity index (χ3v) is 6.23. The molecule has 0 bridgehead atoms. The molecule has 0 saturated heterocycles. The minimum Gasteiger partial charge on any atom is -0.478 e. The molecule has 146 valence electrons. The molecule has 2 heterocycles. The molecule has 1 N–H and O–H groups in total. The van der Waals surface area contributed by atoms with E-state index < -0.39 is 32.3 Å². The number of carbonyl (C=O) groups is 1. The Hall–Kier alpha value is -2.37. The summed E-state index contributed by atoms with van der Waals surface area (Å²) in [7, 11) is -2.66. The van der Waals surface area contributed by atoms with Crippen LogP contribution in [0.1, 0.15) is 27.3 Å². The summed E-state index contributed by atoms with van der Waals surface area (Å²) in [5.41, 5.74) is 0.981. The highest BCUT2D eigenvalue weighted by molar-refractivity contribution is 7.89. The quantitative estimate of drug-likeness (QED) is 0.766. The van der Waals surface area contributed by atoms with E-state index in [1.54, 1.807) is 11.8 Å². The predicted molar refractivity (Wildman–Crippen MR) is 91.3 cm³/mol. The van der Waals surface area contributed by atoms with Crippen molar-refractivity contribution in [3.8, 4) is 0 Å². The number of fused-ring (bicyclic) bond motifs is 1. The van der Waals surface area contributed by atoms with Crippen molar-refractivity contribution in [3.63, 3.8) is 0 Å². The number of rotatable bonds is 6. The Morgan fingerprint density at radius 2 is 2.15 bits per heavy atom. The molecule has 0 saturated carbocycles. The van der Waals surface area contributed by atoms with Gasteiger partial charge in [0, 0.05) is 20.1 Å². The smallest absolute Gasteiger partial charge is 0.338 e. The van der Waals surface area contributed by atoms with Crippen molar-refractivity contribution in [2.24, 2.45) is 0 Å². The van der Waals surface area contributed by atoms with Gasteiger partial charge in [0.15, 0.2) is 5.82 Å². The van der Waals surface area contributed by atoms with Crippen molar-refractivity contribution in [3.05, 3.63) is 40.5 Å². The van der Waals surface area contributed by atoms with Gasteiger partial charge in [-0.25, -0.2) is 22.3 Å². The molecule has 1 aromatic carbocycles. The SMILES string of the molecule is COCCn1nnc2c1CCN(S(=O)(=O)c1cc(C)cc(C(=O)O)c1F)C2. The molecule has 0 fully saturated rings. The second-order valence-corrected chi connectivity index (χ2v) is 8.12. The lowest BCUT2D eigenvalue weighted by molar-refractivity contribution is 0.0691. The van der Waals surface area contributed by atoms with Gasteiger partial charge in [-0.15, -0.1) is 5.10 Å². The number of halogens is 1. The number of carboxylic acid groups (broad SMARTS) is 1. The van der Waals surface area contributed by atoms with E-state index in [0.717, 1.165) is 22.1 Å². The monoisotopic (exact) mass is 398 g/mol. The van der Waals surface area contributed by atoms with E-state index in [2.05, 4.69) is 10.3 Å². The third kappa shape index (κ3) is 3.57. The summed E-state index contributed by atoms with van der Waals surface area (Å²) in [6, 6.07) is 2.24. The van der Waals surface area contributed by atoms with E-state index in [9.17, 15) is 17.6 Å². The van der Waals surface area contributed by atoms with Gasteiger partial charge in [-0.2, -0.15) is 4.31 Å². The summed E-state index contributed by atoms with van der Waals surface area (Å²) < 4.78 is 48.2. The van der Waals surface area contributed by atoms with E-state index in [0.29, 0.717) is 30.8 Å². The Bertz CT molecular complexity index is 989. The molecular weight excluding hydrogens is 379 g/mol. The lowest BCUT2D eigenvalue weighted by atomic mass is 10.1. The fourth-order valence-electron chi connectivity index (χ4n) is 3.02. The van der Waals surface area contributed by atoms with Crippen molar-refractivity contribution in [1.82, 2.24) is 19.3 Å². The average molecular weight is 398 g/mol. The largest absolute Gasteiger partial charge is 0.478 e. The minimum atomic E-state index is -4.23. The first-order chi connectivity index (χ1) is 12.8. The van der Waals surface area contributed by atoms with E-state index >= 15 is 0 Å². The Labute approximate surface area is 155 Å². The van der Waals surface area contributed by atoms with Crippen LogP contribution in [-0.2, 0) is 34.3 Å². The molecule has 0 aliphatic carbocycles. The van der Waals surface area contributed by atoms with Gasteiger partial charge in [-0.05, 0) is 24.6 Å². The summed E-state index contributed by atoms with van der Waals surface area (Å²) in [6.07, 6.45) is 0.366. The van der Waals surface area contributed by atoms with Gasteiger partial charge in [0.05, 0.1) is 31.0 Å². The number of aromatic carboxylic acids is 1. The van der Waals surface area contributed by atoms with Crippen LogP contribution in [0.5, 0.6) is 0 Å². The van der Waals surface area contributed by atoms with E-state index in [1.807, 2.05) is 0 Å². The van der Waals surface area contributed by atoms with Crippen LogP contribution in [0.15, 0.2) is 17.0 Å². The summed E-state index contributed by atoms with van der Waals surface area (Å²) in [5, 5.41) is 17.1. The van der Waals surface area contributed by atoms with Crippen LogP contribution in [-0.4, -0.2) is 59.1 Å². The maximum Gasteiger partial charge on any atom is 0.338 e. The average Bonchev–Trinajstić information content (AvgIpc) is 3.03. The molecule has 0 spiro atoms. The van der Waals surface area contributed by atoms with Crippen LogP contribution in [0.4, 0.5) is 4.39 Å². The number of methoxy groups -OCH3 is 1. The molecule has 3 rings (SSSR count). The maximum absolute atomic E-state index is 14.6. The van der Waals surface area contributed by atoms with Crippen molar-refractivity contribution in [2.75, 3.05) is 20.3 Å². The van der Waals surface area contributed by atoms with Crippen LogP contribution in [0.2, 0.25) is 0 Å². The predicted octanol–water partition coefficient (Wildman–Crippen LogP) is 0.817. The Balaban J connectivity index is 1.94. The number of aryl methyl sites for hydroxylation is 1. The standard InChI is InChI=1S/C16H19FN4O5S/c1-10-7-11(16(22)23)15(17)14(8-10)27(24,25)20-4-3-13-12(9-20)18-19-21(13)5-6-26-2/h7-8H,3-6,9H2,1-2H3,(H,22,23). The lowest BCUT2D eigenvalue weighted by Gasteiger charge is -2.26. The zero-order valence-corrected chi connectivity index (χ0v) is 15.7. The maximum atomic E-state index is 14.6. The highest BCUT2D eigenvalue weighted by Gasteiger charge is 2.34. The molecule has 2 aromatic rings. The molecule has 9 nitrogen and oxygen atoms in total. The normalized spacial score (nSPS) is 14.9. The topological polar surface area (TPSA) is 115 Å². The van der Waals surface area contributed by atoms with Crippen molar-refractivity contribution in [2.45, 2.75) is 31.3 Å². The Morgan fingerprint density at radius 3 is 2.81 bits per heavy atom. The van der Waals surface area contributed by atoms with Crippen LogP contribution in [0.25, 0.3) is 0 Å². The molecule has 0 amide bonds. The Kier molecular flexibility index (Phi) is 5.27. The highest BCUT2D eigenvalue weighted by atomic mass is 32.2. The molecule has 1 aliphatic rings. The van der Waals surface area contributed by atoms with Crippen LogP contribution in [0.3, 0.4) is 0 Å². The number of aromatic nitrogens is 3. The molecule has 0 atom stereocenters. The molecular formula is C16H19FN4O5S. The van der Waals surface area contributed by atoms with Gasteiger partial charge in [0.1, 0.15) is 10.6 Å². The van der Waals surface area contributed by atoms with Gasteiger partial charge in [0.2, 0.25) is 10.0 Å². The van der Waals surface area contributed by atoms with Crippen molar-refractivity contribution < 1.29 is 27.4 Å². The number of benzene rings is 1. The number of hydrogen-bond acceptors (Lipinski definition) is 6. The van der Waals surface area contributed by atoms with Gasteiger partial charge >= 0.3 is 5.97 Å². The van der Waals surface area contributed by atoms with E-state index in [-0.39, 0.29) is 13.1 Å². The number of sulfonamides is 1. The zero-order valence-electron chi connectivity index (χ0n) is 14.8. The van der Waals surface area contributed by atoms with Gasteiger partial charge < -0.3 is 9.84 Å².